The first kappa shape index (κ1) is 14.2. The van der Waals surface area contributed by atoms with Crippen LogP contribution in [0.3, 0.4) is 0 Å². The molecule has 1 amide bonds. The second-order valence-electron chi connectivity index (χ2n) is 4.09. The third-order valence-corrected chi connectivity index (χ3v) is 2.54. The molecule has 1 aromatic carbocycles. The molecule has 0 aliphatic heterocycles. The molecule has 2 rings (SSSR count). The van der Waals surface area contributed by atoms with Gasteiger partial charge in [0.05, 0.1) is 0 Å². The van der Waals surface area contributed by atoms with Crippen LogP contribution >= 0.6 is 0 Å². The third-order valence-electron chi connectivity index (χ3n) is 2.54. The first-order chi connectivity index (χ1) is 8.15. The summed E-state index contributed by atoms with van der Waals surface area (Å²) in [6.45, 7) is 4.00. The van der Waals surface area contributed by atoms with Crippen molar-refractivity contribution in [2.75, 3.05) is 5.43 Å². The predicted octanol–water partition coefficient (Wildman–Crippen LogP) is -1.02. The average Bonchev–Trinajstić information content (AvgIpc) is 2.33. The molecule has 1 aromatic heterocycles. The number of hydrogen-bond donors (Lipinski definition) is 1. The normalized spacial score (nSPS) is 9.44. The summed E-state index contributed by atoms with van der Waals surface area (Å²) >= 11 is 0. The summed E-state index contributed by atoms with van der Waals surface area (Å²) in [4.78, 5) is 11.9. The van der Waals surface area contributed by atoms with Crippen LogP contribution in [-0.2, 0) is 0 Å². The summed E-state index contributed by atoms with van der Waals surface area (Å²) in [6.07, 6.45) is 3.64. The van der Waals surface area contributed by atoms with Crippen LogP contribution in [0.25, 0.3) is 0 Å². The number of aryl methyl sites for hydroxylation is 2. The Labute approximate surface area is 113 Å². The number of nitrogens with zero attached hydrogens (tertiary/aromatic N) is 1. The molecular weight excluding hydrogens is 248 g/mol. The Morgan fingerprint density at radius 1 is 0.944 bits per heavy atom. The maximum absolute atomic E-state index is 11.9. The summed E-state index contributed by atoms with van der Waals surface area (Å²) in [7, 11) is 0. The van der Waals surface area contributed by atoms with E-state index in [0.717, 1.165) is 11.1 Å². The van der Waals surface area contributed by atoms with Crippen molar-refractivity contribution in [3.63, 3.8) is 0 Å². The number of carbonyl (C=O) groups is 1. The van der Waals surface area contributed by atoms with Gasteiger partial charge in [0.2, 0.25) is 0 Å². The van der Waals surface area contributed by atoms with Gasteiger partial charge in [-0.15, -0.1) is 5.43 Å². The molecule has 0 bridgehead atoms. The van der Waals surface area contributed by atoms with Crippen LogP contribution in [0.1, 0.15) is 21.5 Å². The van der Waals surface area contributed by atoms with E-state index in [-0.39, 0.29) is 18.3 Å². The van der Waals surface area contributed by atoms with Crippen LogP contribution in [0.15, 0.2) is 48.8 Å². The molecule has 4 heteroatoms. The van der Waals surface area contributed by atoms with Gasteiger partial charge in [0.1, 0.15) is 0 Å². The number of pyridine rings is 1. The summed E-state index contributed by atoms with van der Waals surface area (Å²) in [5, 5.41) is 0. The van der Waals surface area contributed by atoms with Gasteiger partial charge in [-0.25, -0.2) is 0 Å². The second-order valence-corrected chi connectivity index (χ2v) is 4.09. The van der Waals surface area contributed by atoms with Gasteiger partial charge >= 0.3 is 5.91 Å². The molecule has 0 aliphatic rings. The Hall–Kier alpha value is -1.87. The average molecular weight is 263 g/mol. The third kappa shape index (κ3) is 3.57. The van der Waals surface area contributed by atoms with Crippen LogP contribution in [0, 0.1) is 13.8 Å². The molecule has 0 spiro atoms. The van der Waals surface area contributed by atoms with Crippen LogP contribution in [-0.4, -0.2) is 5.91 Å². The Morgan fingerprint density at radius 2 is 1.44 bits per heavy atom. The predicted molar refractivity (Wildman–Crippen MR) is 66.2 cm³/mol. The zero-order chi connectivity index (χ0) is 12.3. The van der Waals surface area contributed by atoms with Crippen LogP contribution in [0.5, 0.6) is 0 Å². The van der Waals surface area contributed by atoms with E-state index in [1.807, 2.05) is 62.6 Å². The number of amides is 1. The van der Waals surface area contributed by atoms with E-state index in [1.165, 1.54) is 0 Å². The number of hydrogen-bond acceptors (Lipinski definition) is 1. The number of rotatable bonds is 2. The van der Waals surface area contributed by atoms with Crippen molar-refractivity contribution < 1.29 is 21.9 Å². The minimum atomic E-state index is -0.112. The molecule has 94 valence electrons. The van der Waals surface area contributed by atoms with Gasteiger partial charge in [0, 0.05) is 17.7 Å². The van der Waals surface area contributed by atoms with Crippen LogP contribution in [0.4, 0.5) is 0 Å². The first-order valence-electron chi connectivity index (χ1n) is 5.51. The largest absolute Gasteiger partial charge is 1.00 e. The number of carbonyl (C=O) groups excluding carboxylic acids is 1. The molecule has 1 N–H and O–H groups in total. The van der Waals surface area contributed by atoms with Gasteiger partial charge in [-0.05, 0) is 31.5 Å². The van der Waals surface area contributed by atoms with Crippen molar-refractivity contribution in [2.24, 2.45) is 0 Å². The van der Waals surface area contributed by atoms with Gasteiger partial charge in [0.15, 0.2) is 12.4 Å². The number of halogens is 1. The molecule has 0 saturated carbocycles. The van der Waals surface area contributed by atoms with E-state index in [9.17, 15) is 4.79 Å². The van der Waals surface area contributed by atoms with Gasteiger partial charge in [-0.3, -0.25) is 4.79 Å². The Morgan fingerprint density at radius 3 is 2.00 bits per heavy atom. The lowest BCUT2D eigenvalue weighted by Crippen LogP contribution is -3.00. The molecule has 0 saturated heterocycles. The van der Waals surface area contributed by atoms with Gasteiger partial charge in [-0.1, -0.05) is 22.4 Å². The highest BCUT2D eigenvalue weighted by Crippen LogP contribution is 2.02. The first-order valence-corrected chi connectivity index (χ1v) is 5.51. The topological polar surface area (TPSA) is 33.0 Å². The summed E-state index contributed by atoms with van der Waals surface area (Å²) in [5.74, 6) is -0.112. The highest BCUT2D eigenvalue weighted by Gasteiger charge is 2.09. The highest BCUT2D eigenvalue weighted by molar-refractivity contribution is 5.98. The molecule has 3 nitrogen and oxygen atoms in total. The van der Waals surface area contributed by atoms with E-state index in [2.05, 4.69) is 5.43 Å². The molecule has 0 unspecified atom stereocenters. The monoisotopic (exact) mass is 262 g/mol. The maximum Gasteiger partial charge on any atom is 0.305 e. The van der Waals surface area contributed by atoms with E-state index in [0.29, 0.717) is 5.56 Å². The minimum Gasteiger partial charge on any atom is -1.00 e. The number of nitrogens with one attached hydrogen (secondary N) is 1. The summed E-state index contributed by atoms with van der Waals surface area (Å²) in [6, 6.07) is 11.4. The van der Waals surface area contributed by atoms with E-state index >= 15 is 0 Å². The van der Waals surface area contributed by atoms with Gasteiger partial charge in [0.25, 0.3) is 0 Å². The lowest BCUT2D eigenvalue weighted by molar-refractivity contribution is -0.641. The summed E-state index contributed by atoms with van der Waals surface area (Å²) < 4.78 is 1.65. The molecule has 2 aromatic rings. The minimum absolute atomic E-state index is 0. The lowest BCUT2D eigenvalue weighted by atomic mass is 10.1. The fraction of sp³-hybridized carbons (Fsp3) is 0.143. The zero-order valence-electron chi connectivity index (χ0n) is 10.4. The molecule has 18 heavy (non-hydrogen) atoms. The molecule has 1 heterocycles. The maximum atomic E-state index is 11.9. The van der Waals surface area contributed by atoms with Gasteiger partial charge in [-0.2, -0.15) is 0 Å². The van der Waals surface area contributed by atoms with E-state index in [1.54, 1.807) is 4.68 Å². The Balaban J connectivity index is 0.00000162. The molecule has 0 aliphatic carbocycles. The number of benzene rings is 1. The van der Waals surface area contributed by atoms with Crippen molar-refractivity contribution in [3.8, 4) is 0 Å². The van der Waals surface area contributed by atoms with Crippen molar-refractivity contribution >= 4 is 5.91 Å². The molecular formula is C14H15ClN2O. The Kier molecular flexibility index (Phi) is 4.86. The second kappa shape index (κ2) is 6.17. The van der Waals surface area contributed by atoms with Crippen molar-refractivity contribution in [1.29, 1.82) is 0 Å². The van der Waals surface area contributed by atoms with E-state index < -0.39 is 0 Å². The van der Waals surface area contributed by atoms with Crippen molar-refractivity contribution in [1.82, 2.24) is 0 Å². The number of aromatic nitrogens is 1. The fourth-order valence-electron chi connectivity index (χ4n) is 1.46. The highest BCUT2D eigenvalue weighted by atomic mass is 35.5. The molecule has 0 radical (unpaired) electrons. The lowest BCUT2D eigenvalue weighted by Gasteiger charge is -2.00. The SMILES string of the molecule is Cc1ccc(C(=O)N[n+]2ccc(C)cc2)cc1.[Cl-]. The van der Waals surface area contributed by atoms with Crippen LogP contribution < -0.4 is 22.5 Å². The standard InChI is InChI=1S/C14H14N2O.ClH/c1-11-3-5-13(6-4-11)14(17)15-16-9-7-12(2)8-10-16;/h3-10H,1-2H3;1H. The zero-order valence-corrected chi connectivity index (χ0v) is 11.1. The van der Waals surface area contributed by atoms with Crippen LogP contribution in [0.2, 0.25) is 0 Å². The fourth-order valence-corrected chi connectivity index (χ4v) is 1.46. The molecule has 0 atom stereocenters. The summed E-state index contributed by atoms with van der Waals surface area (Å²) in [5.41, 5.74) is 5.74. The smallest absolute Gasteiger partial charge is 0.305 e. The van der Waals surface area contributed by atoms with Crippen molar-refractivity contribution in [3.05, 3.63) is 65.5 Å². The Bertz CT molecular complexity index is 520. The van der Waals surface area contributed by atoms with Crippen molar-refractivity contribution in [2.45, 2.75) is 13.8 Å². The quantitative estimate of drug-likeness (QED) is 0.691. The van der Waals surface area contributed by atoms with Gasteiger partial charge < -0.3 is 12.4 Å². The molecule has 0 fully saturated rings. The van der Waals surface area contributed by atoms with E-state index in [4.69, 9.17) is 0 Å².